The fourth-order valence-corrected chi connectivity index (χ4v) is 7.71. The second kappa shape index (κ2) is 10.0. The molecule has 0 radical (unpaired) electrons. The van der Waals surface area contributed by atoms with Crippen LogP contribution in [0.3, 0.4) is 0 Å². The van der Waals surface area contributed by atoms with Gasteiger partial charge in [0.1, 0.15) is 31.4 Å². The third-order valence-electron chi connectivity index (χ3n) is 6.75. The maximum Gasteiger partial charge on any atom is 0.144 e. The van der Waals surface area contributed by atoms with Crippen LogP contribution < -0.4 is 0 Å². The minimum Gasteiger partial charge on any atom is -0.205 e. The highest BCUT2D eigenvalue weighted by Crippen LogP contribution is 2.39. The Morgan fingerprint density at radius 2 is 1.44 bits per heavy atom. The lowest BCUT2D eigenvalue weighted by atomic mass is 9.76. The molecular weight excluding hydrogens is 380 g/mol. The number of rotatable bonds is 6. The monoisotopic (exact) mass is 409 g/mol. The van der Waals surface area contributed by atoms with E-state index >= 15 is 0 Å². The van der Waals surface area contributed by atoms with E-state index in [1.54, 1.807) is 6.07 Å². The number of hydrogen-bond acceptors (Lipinski definition) is 1. The Bertz CT molecular complexity index is 636. The second-order valence-electron chi connectivity index (χ2n) is 8.59. The summed E-state index contributed by atoms with van der Waals surface area (Å²) in [5.41, 5.74) is 0.259. The molecule has 27 heavy (non-hydrogen) atoms. The molecule has 1 aliphatic carbocycles. The zero-order valence-electron chi connectivity index (χ0n) is 16.0. The van der Waals surface area contributed by atoms with Gasteiger partial charge >= 0.3 is 0 Å². The Labute approximate surface area is 168 Å². The Kier molecular flexibility index (Phi) is 7.72. The Morgan fingerprint density at radius 3 is 1.96 bits per heavy atom. The standard InChI is InChI=1S/C22H30ClF2NSi/c23-27-11-9-17(10-12-27)4-2-1-3-16-5-7-18(8-6-16)19-13-21(24)20(15-26)22(25)14-19/h13-14,16-18,27H,1-12H2/t16-,17?,18-,27?. The van der Waals surface area contributed by atoms with Crippen molar-refractivity contribution in [3.8, 4) is 6.07 Å². The predicted molar refractivity (Wildman–Crippen MR) is 110 cm³/mol. The summed E-state index contributed by atoms with van der Waals surface area (Å²) in [5, 5.41) is 8.80. The molecule has 0 atom stereocenters. The van der Waals surface area contributed by atoms with E-state index in [1.165, 1.54) is 62.7 Å². The normalized spacial score (nSPS) is 28.7. The van der Waals surface area contributed by atoms with Gasteiger partial charge in [-0.15, -0.1) is 0 Å². The van der Waals surface area contributed by atoms with Crippen LogP contribution in [-0.4, -0.2) is 8.11 Å². The molecule has 1 heterocycles. The molecule has 2 aliphatic rings. The molecular formula is C22H30ClF2NSi. The highest BCUT2D eigenvalue weighted by Gasteiger charge is 2.24. The first-order valence-electron chi connectivity index (χ1n) is 10.6. The lowest BCUT2D eigenvalue weighted by Crippen LogP contribution is -2.16. The van der Waals surface area contributed by atoms with E-state index in [1.807, 2.05) is 0 Å². The minimum atomic E-state index is -0.832. The number of hydrogen-bond donors (Lipinski definition) is 0. The van der Waals surface area contributed by atoms with Crippen LogP contribution in [0, 0.1) is 34.8 Å². The molecule has 3 rings (SSSR count). The molecule has 1 aromatic carbocycles. The second-order valence-corrected chi connectivity index (χ2v) is 12.8. The highest BCUT2D eigenvalue weighted by atomic mass is 35.6. The number of halogens is 3. The third-order valence-corrected chi connectivity index (χ3v) is 9.97. The molecule has 148 valence electrons. The predicted octanol–water partition coefficient (Wildman–Crippen LogP) is 7.04. The van der Waals surface area contributed by atoms with Crippen LogP contribution in [0.2, 0.25) is 12.1 Å². The Morgan fingerprint density at radius 1 is 0.926 bits per heavy atom. The van der Waals surface area contributed by atoms with Crippen LogP contribution in [0.5, 0.6) is 0 Å². The Balaban J connectivity index is 1.37. The largest absolute Gasteiger partial charge is 0.205 e. The summed E-state index contributed by atoms with van der Waals surface area (Å²) in [6, 6.07) is 6.99. The van der Waals surface area contributed by atoms with Gasteiger partial charge in [0, 0.05) is 0 Å². The third kappa shape index (κ3) is 5.78. The fraction of sp³-hybridized carbons (Fsp3) is 0.682. The van der Waals surface area contributed by atoms with Gasteiger partial charge in [-0.2, -0.15) is 16.3 Å². The average molecular weight is 410 g/mol. The van der Waals surface area contributed by atoms with Crippen molar-refractivity contribution < 1.29 is 8.78 Å². The molecule has 1 aromatic rings. The van der Waals surface area contributed by atoms with Gasteiger partial charge in [0.15, 0.2) is 0 Å². The molecule has 0 amide bonds. The maximum absolute atomic E-state index is 13.9. The molecule has 5 heteroatoms. The topological polar surface area (TPSA) is 23.8 Å². The van der Waals surface area contributed by atoms with Crippen molar-refractivity contribution in [1.82, 2.24) is 0 Å². The van der Waals surface area contributed by atoms with Gasteiger partial charge in [-0.25, -0.2) is 8.78 Å². The van der Waals surface area contributed by atoms with E-state index in [2.05, 4.69) is 0 Å². The van der Waals surface area contributed by atoms with Crippen molar-refractivity contribution in [3.63, 3.8) is 0 Å². The minimum absolute atomic E-state index is 0.230. The lowest BCUT2D eigenvalue weighted by molar-refractivity contribution is 0.296. The van der Waals surface area contributed by atoms with Crippen LogP contribution >= 0.6 is 11.1 Å². The van der Waals surface area contributed by atoms with Crippen LogP contribution in [0.1, 0.15) is 81.3 Å². The van der Waals surface area contributed by atoms with Gasteiger partial charge in [-0.1, -0.05) is 38.5 Å². The van der Waals surface area contributed by atoms with Crippen molar-refractivity contribution in [2.75, 3.05) is 0 Å². The first-order valence-corrected chi connectivity index (χ1v) is 14.0. The van der Waals surface area contributed by atoms with E-state index in [9.17, 15) is 8.78 Å². The smallest absolute Gasteiger partial charge is 0.144 e. The first-order chi connectivity index (χ1) is 13.1. The van der Waals surface area contributed by atoms with Gasteiger partial charge < -0.3 is 0 Å². The first kappa shape index (κ1) is 20.8. The molecule has 1 aliphatic heterocycles. The quantitative estimate of drug-likeness (QED) is 0.280. The number of unbranched alkanes of at least 4 members (excludes halogenated alkanes) is 1. The van der Waals surface area contributed by atoms with Crippen molar-refractivity contribution in [2.45, 2.75) is 82.2 Å². The van der Waals surface area contributed by atoms with Gasteiger partial charge in [0.25, 0.3) is 0 Å². The van der Waals surface area contributed by atoms with E-state index in [0.29, 0.717) is 0 Å². The van der Waals surface area contributed by atoms with Crippen molar-refractivity contribution in [1.29, 1.82) is 5.26 Å². The zero-order valence-corrected chi connectivity index (χ0v) is 17.9. The van der Waals surface area contributed by atoms with Crippen LogP contribution in [0.15, 0.2) is 12.1 Å². The summed E-state index contributed by atoms with van der Waals surface area (Å²) in [6.45, 7) is 0. The summed E-state index contributed by atoms with van der Waals surface area (Å²) in [5.74, 6) is 0.471. The van der Waals surface area contributed by atoms with Gasteiger partial charge in [0.2, 0.25) is 0 Å². The molecule has 0 N–H and O–H groups in total. The molecule has 1 saturated heterocycles. The van der Waals surface area contributed by atoms with E-state index in [4.69, 9.17) is 16.3 Å². The fourth-order valence-electron chi connectivity index (χ4n) is 5.00. The summed E-state index contributed by atoms with van der Waals surface area (Å²) < 4.78 is 27.7. The maximum atomic E-state index is 13.9. The molecule has 0 spiro atoms. The van der Waals surface area contributed by atoms with Gasteiger partial charge in [-0.3, -0.25) is 0 Å². The van der Waals surface area contributed by atoms with Crippen molar-refractivity contribution in [2.24, 2.45) is 11.8 Å². The van der Waals surface area contributed by atoms with Crippen LogP contribution in [0.4, 0.5) is 8.78 Å². The summed E-state index contributed by atoms with van der Waals surface area (Å²) >= 11 is 6.32. The highest BCUT2D eigenvalue weighted by molar-refractivity contribution is 7.07. The van der Waals surface area contributed by atoms with Crippen molar-refractivity contribution in [3.05, 3.63) is 34.9 Å². The zero-order chi connectivity index (χ0) is 19.2. The molecule has 0 bridgehead atoms. The SMILES string of the molecule is N#Cc1c(F)cc([C@H]2CC[C@H](CCCCC3CC[SiH](Cl)CC3)CC2)cc1F. The molecule has 1 saturated carbocycles. The molecule has 0 aromatic heterocycles. The van der Waals surface area contributed by atoms with Crippen LogP contribution in [-0.2, 0) is 0 Å². The van der Waals surface area contributed by atoms with Gasteiger partial charge in [-0.05, 0) is 73.2 Å². The van der Waals surface area contributed by atoms with Crippen LogP contribution in [0.25, 0.3) is 0 Å². The molecule has 0 unspecified atom stereocenters. The average Bonchev–Trinajstić information content (AvgIpc) is 2.67. The number of nitriles is 1. The van der Waals surface area contributed by atoms with E-state index < -0.39 is 25.3 Å². The Hall–Kier alpha value is -0.923. The van der Waals surface area contributed by atoms with Gasteiger partial charge in [0.05, 0.1) is 0 Å². The molecule has 2 fully saturated rings. The summed E-state index contributed by atoms with van der Waals surface area (Å²) in [7, 11) is -0.832. The van der Waals surface area contributed by atoms with Crippen molar-refractivity contribution >= 4 is 19.2 Å². The summed E-state index contributed by atoms with van der Waals surface area (Å²) in [4.78, 5) is 0. The number of benzene rings is 1. The van der Waals surface area contributed by atoms with E-state index in [-0.39, 0.29) is 5.92 Å². The summed E-state index contributed by atoms with van der Waals surface area (Å²) in [6.07, 6.45) is 12.3. The van der Waals surface area contributed by atoms with E-state index in [0.717, 1.165) is 43.1 Å². The lowest BCUT2D eigenvalue weighted by Gasteiger charge is -2.29. The number of nitrogens with zero attached hydrogens (tertiary/aromatic N) is 1. The molecule has 1 nitrogen and oxygen atoms in total.